The van der Waals surface area contributed by atoms with Gasteiger partial charge in [-0.2, -0.15) is 0 Å². The second-order valence-electron chi connectivity index (χ2n) is 9.71. The second kappa shape index (κ2) is 9.62. The first kappa shape index (κ1) is 22.8. The lowest BCUT2D eigenvalue weighted by molar-refractivity contribution is 0.0718. The van der Waals surface area contributed by atoms with Crippen LogP contribution in [-0.2, 0) is 5.41 Å². The molecular formula is C29H32N2O2. The van der Waals surface area contributed by atoms with Crippen LogP contribution in [0.4, 0.5) is 0 Å². The molecule has 4 heteroatoms. The molecule has 1 heterocycles. The summed E-state index contributed by atoms with van der Waals surface area (Å²) in [5.74, 6) is 0.0652. The average molecular weight is 441 g/mol. The Morgan fingerprint density at radius 1 is 0.606 bits per heavy atom. The maximum Gasteiger partial charge on any atom is 0.253 e. The zero-order valence-corrected chi connectivity index (χ0v) is 19.8. The summed E-state index contributed by atoms with van der Waals surface area (Å²) >= 11 is 0. The molecule has 1 aliphatic rings. The van der Waals surface area contributed by atoms with Gasteiger partial charge in [0.1, 0.15) is 0 Å². The van der Waals surface area contributed by atoms with Gasteiger partial charge >= 0.3 is 0 Å². The Labute approximate surface area is 196 Å². The Morgan fingerprint density at radius 3 is 1.55 bits per heavy atom. The van der Waals surface area contributed by atoms with Crippen LogP contribution >= 0.6 is 0 Å². The third-order valence-corrected chi connectivity index (χ3v) is 6.31. The van der Waals surface area contributed by atoms with E-state index in [2.05, 4.69) is 32.9 Å². The first-order chi connectivity index (χ1) is 15.8. The standard InChI is InChI=1S/C29H32N2O2/c1-29(2,3)26-16-14-25(15-17-26)28(33)31-19-7-18-30(20-21-31)27(32)24-12-10-23(11-13-24)22-8-5-4-6-9-22/h4-6,8-17H,7,18-21H2,1-3H3. The van der Waals surface area contributed by atoms with Crippen molar-refractivity contribution in [2.45, 2.75) is 32.6 Å². The van der Waals surface area contributed by atoms with E-state index in [1.165, 1.54) is 5.56 Å². The van der Waals surface area contributed by atoms with Crippen LogP contribution in [-0.4, -0.2) is 47.8 Å². The maximum absolute atomic E-state index is 13.1. The molecule has 33 heavy (non-hydrogen) atoms. The van der Waals surface area contributed by atoms with Gasteiger partial charge < -0.3 is 9.80 Å². The van der Waals surface area contributed by atoms with Crippen LogP contribution in [0.25, 0.3) is 11.1 Å². The molecule has 4 nitrogen and oxygen atoms in total. The van der Waals surface area contributed by atoms with Gasteiger partial charge in [0, 0.05) is 37.3 Å². The largest absolute Gasteiger partial charge is 0.337 e. The van der Waals surface area contributed by atoms with Gasteiger partial charge in [0.2, 0.25) is 0 Å². The molecule has 3 aromatic carbocycles. The Hall–Kier alpha value is -3.40. The predicted octanol–water partition coefficient (Wildman–Crippen LogP) is 5.64. The molecule has 1 fully saturated rings. The van der Waals surface area contributed by atoms with E-state index in [-0.39, 0.29) is 17.2 Å². The summed E-state index contributed by atoms with van der Waals surface area (Å²) in [5, 5.41) is 0. The van der Waals surface area contributed by atoms with Gasteiger partial charge in [-0.25, -0.2) is 0 Å². The molecule has 0 atom stereocenters. The smallest absolute Gasteiger partial charge is 0.253 e. The molecule has 1 aliphatic heterocycles. The summed E-state index contributed by atoms with van der Waals surface area (Å²) in [6.07, 6.45) is 0.777. The molecule has 0 bridgehead atoms. The zero-order valence-electron chi connectivity index (χ0n) is 19.8. The van der Waals surface area contributed by atoms with Crippen molar-refractivity contribution in [2.24, 2.45) is 0 Å². The minimum absolute atomic E-state index is 0.0263. The maximum atomic E-state index is 13.1. The van der Waals surface area contributed by atoms with Gasteiger partial charge in [-0.15, -0.1) is 0 Å². The normalized spacial score (nSPS) is 14.6. The highest BCUT2D eigenvalue weighted by molar-refractivity contribution is 5.96. The summed E-state index contributed by atoms with van der Waals surface area (Å²) in [6.45, 7) is 8.92. The number of amides is 2. The highest BCUT2D eigenvalue weighted by Crippen LogP contribution is 2.23. The quantitative estimate of drug-likeness (QED) is 0.529. The van der Waals surface area contributed by atoms with Crippen molar-refractivity contribution in [3.8, 4) is 11.1 Å². The number of carbonyl (C=O) groups is 2. The van der Waals surface area contributed by atoms with E-state index >= 15 is 0 Å². The molecular weight excluding hydrogens is 408 g/mol. The Bertz CT molecular complexity index is 1100. The first-order valence-electron chi connectivity index (χ1n) is 11.7. The molecule has 0 unspecified atom stereocenters. The van der Waals surface area contributed by atoms with Crippen molar-refractivity contribution < 1.29 is 9.59 Å². The lowest BCUT2D eigenvalue weighted by Crippen LogP contribution is -2.37. The van der Waals surface area contributed by atoms with Crippen LogP contribution in [0.2, 0.25) is 0 Å². The molecule has 3 aromatic rings. The van der Waals surface area contributed by atoms with Crippen LogP contribution in [0.3, 0.4) is 0 Å². The average Bonchev–Trinajstić information content (AvgIpc) is 3.10. The van der Waals surface area contributed by atoms with Gasteiger partial charge in [-0.1, -0.05) is 75.4 Å². The minimum atomic E-state index is 0.0263. The van der Waals surface area contributed by atoms with E-state index in [1.54, 1.807) is 0 Å². The molecule has 0 aliphatic carbocycles. The van der Waals surface area contributed by atoms with Crippen LogP contribution in [0.15, 0.2) is 78.9 Å². The Kier molecular flexibility index (Phi) is 6.64. The Balaban J connectivity index is 1.39. The molecule has 0 aromatic heterocycles. The summed E-state index contributed by atoms with van der Waals surface area (Å²) in [5.41, 5.74) is 4.90. The third kappa shape index (κ3) is 5.33. The molecule has 2 amide bonds. The van der Waals surface area contributed by atoms with Gasteiger partial charge in [-0.3, -0.25) is 9.59 Å². The van der Waals surface area contributed by atoms with Crippen molar-refractivity contribution in [2.75, 3.05) is 26.2 Å². The van der Waals surface area contributed by atoms with Crippen LogP contribution in [0, 0.1) is 0 Å². The van der Waals surface area contributed by atoms with E-state index in [0.717, 1.165) is 17.5 Å². The number of benzene rings is 3. The first-order valence-corrected chi connectivity index (χ1v) is 11.7. The summed E-state index contributed by atoms with van der Waals surface area (Å²) in [7, 11) is 0. The van der Waals surface area contributed by atoms with Crippen LogP contribution < -0.4 is 0 Å². The highest BCUT2D eigenvalue weighted by Gasteiger charge is 2.24. The predicted molar refractivity (Wildman–Crippen MR) is 133 cm³/mol. The third-order valence-electron chi connectivity index (χ3n) is 6.31. The minimum Gasteiger partial charge on any atom is -0.337 e. The molecule has 0 radical (unpaired) electrons. The molecule has 4 rings (SSSR count). The lowest BCUT2D eigenvalue weighted by Gasteiger charge is -2.23. The lowest BCUT2D eigenvalue weighted by atomic mass is 9.86. The van der Waals surface area contributed by atoms with Gasteiger partial charge in [0.05, 0.1) is 0 Å². The molecule has 1 saturated heterocycles. The zero-order chi connectivity index (χ0) is 23.4. The van der Waals surface area contributed by atoms with Crippen molar-refractivity contribution in [1.82, 2.24) is 9.80 Å². The fraction of sp³-hybridized carbons (Fsp3) is 0.310. The number of carbonyl (C=O) groups excluding carboxylic acids is 2. The molecule has 170 valence electrons. The number of nitrogens with zero attached hydrogens (tertiary/aromatic N) is 2. The summed E-state index contributed by atoms with van der Waals surface area (Å²) in [6, 6.07) is 25.9. The fourth-order valence-electron chi connectivity index (χ4n) is 4.24. The van der Waals surface area contributed by atoms with Crippen LogP contribution in [0.1, 0.15) is 53.5 Å². The Morgan fingerprint density at radius 2 is 1.06 bits per heavy atom. The molecule has 0 spiro atoms. The van der Waals surface area contributed by atoms with Crippen molar-refractivity contribution >= 4 is 11.8 Å². The number of rotatable bonds is 3. The molecule has 0 saturated carbocycles. The van der Waals surface area contributed by atoms with E-state index in [4.69, 9.17) is 0 Å². The highest BCUT2D eigenvalue weighted by atomic mass is 16.2. The van der Waals surface area contributed by atoms with E-state index in [9.17, 15) is 9.59 Å². The molecule has 0 N–H and O–H groups in total. The van der Waals surface area contributed by atoms with Crippen LogP contribution in [0.5, 0.6) is 0 Å². The second-order valence-corrected chi connectivity index (χ2v) is 9.71. The van der Waals surface area contributed by atoms with E-state index in [0.29, 0.717) is 37.3 Å². The van der Waals surface area contributed by atoms with Gasteiger partial charge in [0.25, 0.3) is 11.8 Å². The topological polar surface area (TPSA) is 40.6 Å². The number of hydrogen-bond donors (Lipinski definition) is 0. The van der Waals surface area contributed by atoms with Crippen molar-refractivity contribution in [3.05, 3.63) is 95.6 Å². The summed E-state index contributed by atoms with van der Waals surface area (Å²) < 4.78 is 0. The van der Waals surface area contributed by atoms with Gasteiger partial charge in [-0.05, 0) is 52.8 Å². The van der Waals surface area contributed by atoms with Gasteiger partial charge in [0.15, 0.2) is 0 Å². The van der Waals surface area contributed by atoms with E-state index < -0.39 is 0 Å². The number of hydrogen-bond acceptors (Lipinski definition) is 2. The van der Waals surface area contributed by atoms with Crippen molar-refractivity contribution in [1.29, 1.82) is 0 Å². The summed E-state index contributed by atoms with van der Waals surface area (Å²) in [4.78, 5) is 29.9. The van der Waals surface area contributed by atoms with Crippen molar-refractivity contribution in [3.63, 3.8) is 0 Å². The SMILES string of the molecule is CC(C)(C)c1ccc(C(=O)N2CCCN(C(=O)c3ccc(-c4ccccc4)cc3)CC2)cc1. The van der Waals surface area contributed by atoms with E-state index in [1.807, 2.05) is 76.5 Å². The fourth-order valence-corrected chi connectivity index (χ4v) is 4.24. The monoisotopic (exact) mass is 440 g/mol.